The van der Waals surface area contributed by atoms with E-state index in [0.29, 0.717) is 17.8 Å². The van der Waals surface area contributed by atoms with Crippen molar-refractivity contribution in [1.29, 1.82) is 0 Å². The Morgan fingerprint density at radius 1 is 1.04 bits per heavy atom. The number of amides is 1. The fourth-order valence-electron chi connectivity index (χ4n) is 3.58. The maximum atomic E-state index is 13.2. The number of carbonyl (C=O) groups excluding carboxylic acids is 1. The van der Waals surface area contributed by atoms with E-state index < -0.39 is 10.0 Å². The number of rotatable bonds is 5. The van der Waals surface area contributed by atoms with Gasteiger partial charge in [-0.1, -0.05) is 25.0 Å². The van der Waals surface area contributed by atoms with Gasteiger partial charge in [-0.2, -0.15) is 0 Å². The van der Waals surface area contributed by atoms with Crippen molar-refractivity contribution in [2.24, 2.45) is 0 Å². The van der Waals surface area contributed by atoms with Gasteiger partial charge in [0.1, 0.15) is 5.75 Å². The molecule has 1 amide bonds. The molecule has 7 heteroatoms. The Labute approximate surface area is 166 Å². The summed E-state index contributed by atoms with van der Waals surface area (Å²) in [4.78, 5) is 15.2. The first-order chi connectivity index (χ1) is 13.4. The third kappa shape index (κ3) is 5.04. The number of likely N-dealkylation sites (tertiary alicyclic amines) is 1. The van der Waals surface area contributed by atoms with Gasteiger partial charge < -0.3 is 9.64 Å². The molecule has 1 aliphatic rings. The highest BCUT2D eigenvalue weighted by molar-refractivity contribution is 7.92. The molecule has 1 N–H and O–H groups in total. The molecule has 3 rings (SSSR count). The predicted octanol–water partition coefficient (Wildman–Crippen LogP) is 3.82. The lowest BCUT2D eigenvalue weighted by molar-refractivity contribution is 0.0681. The minimum absolute atomic E-state index is 0.0229. The Morgan fingerprint density at radius 3 is 2.32 bits per heavy atom. The van der Waals surface area contributed by atoms with Gasteiger partial charge in [0.2, 0.25) is 10.0 Å². The second-order valence-corrected chi connectivity index (χ2v) is 8.84. The summed E-state index contributed by atoms with van der Waals surface area (Å²) < 4.78 is 30.4. The summed E-state index contributed by atoms with van der Waals surface area (Å²) in [6.45, 7) is 0.707. The van der Waals surface area contributed by atoms with Crippen LogP contribution < -0.4 is 9.46 Å². The van der Waals surface area contributed by atoms with Crippen LogP contribution >= 0.6 is 0 Å². The van der Waals surface area contributed by atoms with Crippen LogP contribution in [-0.4, -0.2) is 39.1 Å². The lowest BCUT2D eigenvalue weighted by Gasteiger charge is -2.31. The number of methoxy groups -OCH3 is 1. The molecule has 150 valence electrons. The second-order valence-electron chi connectivity index (χ2n) is 7.09. The molecule has 0 saturated carbocycles. The first-order valence-corrected chi connectivity index (χ1v) is 11.3. The third-order valence-corrected chi connectivity index (χ3v) is 5.56. The number of ether oxygens (including phenoxy) is 1. The predicted molar refractivity (Wildman–Crippen MR) is 110 cm³/mol. The van der Waals surface area contributed by atoms with Crippen LogP contribution in [0, 0.1) is 0 Å². The first kappa shape index (κ1) is 20.2. The number of nitrogens with zero attached hydrogens (tertiary/aromatic N) is 1. The van der Waals surface area contributed by atoms with Gasteiger partial charge in [-0.05, 0) is 54.8 Å². The van der Waals surface area contributed by atoms with E-state index in [4.69, 9.17) is 4.74 Å². The van der Waals surface area contributed by atoms with Crippen LogP contribution in [0.4, 0.5) is 5.69 Å². The summed E-state index contributed by atoms with van der Waals surface area (Å²) in [5.41, 5.74) is 2.10. The van der Waals surface area contributed by atoms with Gasteiger partial charge in [0.05, 0.1) is 19.4 Å². The smallest absolute Gasteiger partial charge is 0.254 e. The molecule has 6 nitrogen and oxygen atoms in total. The molecule has 2 aromatic carbocycles. The van der Waals surface area contributed by atoms with Crippen molar-refractivity contribution in [3.05, 3.63) is 59.7 Å². The molecule has 0 aromatic heterocycles. The van der Waals surface area contributed by atoms with E-state index in [1.807, 2.05) is 29.2 Å². The summed E-state index contributed by atoms with van der Waals surface area (Å²) in [6, 6.07) is 14.5. The minimum Gasteiger partial charge on any atom is -0.497 e. The summed E-state index contributed by atoms with van der Waals surface area (Å²) >= 11 is 0. The Bertz CT molecular complexity index is 908. The highest BCUT2D eigenvalue weighted by Gasteiger charge is 2.27. The van der Waals surface area contributed by atoms with Gasteiger partial charge in [0.25, 0.3) is 5.91 Å². The molecule has 0 bridgehead atoms. The van der Waals surface area contributed by atoms with Crippen molar-refractivity contribution in [3.63, 3.8) is 0 Å². The average Bonchev–Trinajstić information content (AvgIpc) is 2.93. The molecule has 2 aromatic rings. The SMILES string of the molecule is COc1ccc(C2CCCCCN2C(=O)c2ccc(NS(C)(=O)=O)cc2)cc1. The molecular formula is C21H26N2O4S. The minimum atomic E-state index is -3.34. The quantitative estimate of drug-likeness (QED) is 0.825. The van der Waals surface area contributed by atoms with Gasteiger partial charge in [-0.3, -0.25) is 9.52 Å². The molecule has 1 atom stereocenters. The number of hydrogen-bond donors (Lipinski definition) is 1. The average molecular weight is 403 g/mol. The topological polar surface area (TPSA) is 75.7 Å². The van der Waals surface area contributed by atoms with Crippen molar-refractivity contribution >= 4 is 21.6 Å². The van der Waals surface area contributed by atoms with Crippen molar-refractivity contribution < 1.29 is 17.9 Å². The normalized spacial score (nSPS) is 17.6. The van der Waals surface area contributed by atoms with E-state index in [0.717, 1.165) is 43.3 Å². The van der Waals surface area contributed by atoms with E-state index in [2.05, 4.69) is 4.72 Å². The fraction of sp³-hybridized carbons (Fsp3) is 0.381. The fourth-order valence-corrected chi connectivity index (χ4v) is 4.15. The van der Waals surface area contributed by atoms with Gasteiger partial charge in [-0.15, -0.1) is 0 Å². The summed E-state index contributed by atoms with van der Waals surface area (Å²) in [5, 5.41) is 0. The molecule has 1 heterocycles. The van der Waals surface area contributed by atoms with Gasteiger partial charge in [0, 0.05) is 17.8 Å². The van der Waals surface area contributed by atoms with E-state index in [9.17, 15) is 13.2 Å². The molecule has 1 saturated heterocycles. The van der Waals surface area contributed by atoms with Crippen LogP contribution in [0.5, 0.6) is 5.75 Å². The van der Waals surface area contributed by atoms with Crippen molar-refractivity contribution in [3.8, 4) is 5.75 Å². The van der Waals surface area contributed by atoms with Gasteiger partial charge >= 0.3 is 0 Å². The maximum absolute atomic E-state index is 13.2. The number of sulfonamides is 1. The molecule has 1 aliphatic heterocycles. The molecular weight excluding hydrogens is 376 g/mol. The first-order valence-electron chi connectivity index (χ1n) is 9.40. The van der Waals surface area contributed by atoms with E-state index >= 15 is 0 Å². The standard InChI is InChI=1S/C21H26N2O4S/c1-27-19-13-9-16(10-14-19)20-6-4-3-5-15-23(20)21(24)17-7-11-18(12-8-17)22-28(2,25)26/h7-14,20,22H,3-6,15H2,1-2H3. The number of nitrogens with one attached hydrogen (secondary N) is 1. The monoisotopic (exact) mass is 402 g/mol. The van der Waals surface area contributed by atoms with Crippen LogP contribution in [0.2, 0.25) is 0 Å². The van der Waals surface area contributed by atoms with Crippen LogP contribution in [0.3, 0.4) is 0 Å². The number of carbonyl (C=O) groups is 1. The molecule has 1 fully saturated rings. The van der Waals surface area contributed by atoms with E-state index in [-0.39, 0.29) is 11.9 Å². The highest BCUT2D eigenvalue weighted by atomic mass is 32.2. The zero-order chi connectivity index (χ0) is 20.1. The maximum Gasteiger partial charge on any atom is 0.254 e. The number of anilines is 1. The van der Waals surface area contributed by atoms with Crippen molar-refractivity contribution in [2.45, 2.75) is 31.7 Å². The molecule has 1 unspecified atom stereocenters. The van der Waals surface area contributed by atoms with Crippen LogP contribution in [0.1, 0.15) is 47.6 Å². The zero-order valence-electron chi connectivity index (χ0n) is 16.2. The van der Waals surface area contributed by atoms with Gasteiger partial charge in [0.15, 0.2) is 0 Å². The molecule has 0 radical (unpaired) electrons. The van der Waals surface area contributed by atoms with Gasteiger partial charge in [-0.25, -0.2) is 8.42 Å². The lowest BCUT2D eigenvalue weighted by Crippen LogP contribution is -2.34. The largest absolute Gasteiger partial charge is 0.497 e. The number of benzene rings is 2. The van der Waals surface area contributed by atoms with Crippen LogP contribution in [0.15, 0.2) is 48.5 Å². The lowest BCUT2D eigenvalue weighted by atomic mass is 10.00. The summed E-state index contributed by atoms with van der Waals surface area (Å²) in [7, 11) is -1.70. The Kier molecular flexibility index (Phi) is 6.24. The Morgan fingerprint density at radius 2 is 1.71 bits per heavy atom. The molecule has 28 heavy (non-hydrogen) atoms. The molecule has 0 aliphatic carbocycles. The molecule has 0 spiro atoms. The third-order valence-electron chi connectivity index (χ3n) is 4.95. The van der Waals surface area contributed by atoms with Crippen molar-refractivity contribution in [2.75, 3.05) is 24.6 Å². The number of hydrogen-bond acceptors (Lipinski definition) is 4. The van der Waals surface area contributed by atoms with Crippen molar-refractivity contribution in [1.82, 2.24) is 4.90 Å². The summed E-state index contributed by atoms with van der Waals surface area (Å²) in [5.74, 6) is 0.762. The Hall–Kier alpha value is -2.54. The zero-order valence-corrected chi connectivity index (χ0v) is 17.0. The second kappa shape index (κ2) is 8.65. The Balaban J connectivity index is 1.83. The summed E-state index contributed by atoms with van der Waals surface area (Å²) in [6.07, 6.45) is 5.19. The van der Waals surface area contributed by atoms with E-state index in [1.54, 1.807) is 31.4 Å². The van der Waals surface area contributed by atoms with Crippen LogP contribution in [-0.2, 0) is 10.0 Å². The van der Waals surface area contributed by atoms with E-state index in [1.165, 1.54) is 0 Å². The van der Waals surface area contributed by atoms with Crippen LogP contribution in [0.25, 0.3) is 0 Å². The highest BCUT2D eigenvalue weighted by Crippen LogP contribution is 2.32.